The summed E-state index contributed by atoms with van der Waals surface area (Å²) in [6.07, 6.45) is 0. The highest BCUT2D eigenvalue weighted by Gasteiger charge is 2.20. The second kappa shape index (κ2) is 7.60. The Kier molecular flexibility index (Phi) is 5.49. The lowest BCUT2D eigenvalue weighted by Crippen LogP contribution is -2.17. The molecule has 0 aromatic heterocycles. The number of non-ortho nitro benzene ring substituents is 1. The first-order chi connectivity index (χ1) is 12.6. The number of hydrogen-bond acceptors (Lipinski definition) is 6. The second-order valence-electron chi connectivity index (χ2n) is 5.47. The molecule has 0 aliphatic rings. The van der Waals surface area contributed by atoms with Gasteiger partial charge in [0, 0.05) is 34.5 Å². The molecular weight excluding hydrogens is 361 g/mol. The molecule has 0 atom stereocenters. The molecule has 0 fully saturated rings. The molecular formula is C17H14FN3O6. The molecule has 2 aromatic carbocycles. The normalized spacial score (nSPS) is 10.2. The Labute approximate surface area is 152 Å². The molecule has 0 aliphatic carbocycles. The Bertz CT molecular complexity index is 973. The van der Waals surface area contributed by atoms with Gasteiger partial charge in [-0.3, -0.25) is 19.7 Å². The van der Waals surface area contributed by atoms with Crippen molar-refractivity contribution in [3.05, 3.63) is 68.5 Å². The van der Waals surface area contributed by atoms with Crippen LogP contribution in [-0.2, 0) is 4.74 Å². The van der Waals surface area contributed by atoms with Crippen LogP contribution in [0.4, 0.5) is 15.8 Å². The number of halogens is 1. The van der Waals surface area contributed by atoms with Crippen LogP contribution < -0.4 is 11.1 Å². The number of nitrogens with two attached hydrogens (primary N) is 1. The fourth-order valence-electron chi connectivity index (χ4n) is 2.23. The van der Waals surface area contributed by atoms with Gasteiger partial charge in [-0.2, -0.15) is 0 Å². The Morgan fingerprint density at radius 1 is 1.11 bits per heavy atom. The number of nitro benzene ring substituents is 1. The predicted octanol–water partition coefficient (Wildman–Crippen LogP) is 2.18. The third-order valence-electron chi connectivity index (χ3n) is 3.69. The van der Waals surface area contributed by atoms with Gasteiger partial charge in [-0.1, -0.05) is 0 Å². The molecule has 0 radical (unpaired) electrons. The van der Waals surface area contributed by atoms with Crippen molar-refractivity contribution in [1.29, 1.82) is 0 Å². The summed E-state index contributed by atoms with van der Waals surface area (Å²) in [4.78, 5) is 45.7. The average molecular weight is 375 g/mol. The first-order valence-corrected chi connectivity index (χ1v) is 7.43. The van der Waals surface area contributed by atoms with E-state index >= 15 is 0 Å². The fraction of sp³-hybridized carbons (Fsp3) is 0.118. The number of carbonyl (C=O) groups excluding carboxylic acids is 3. The zero-order valence-corrected chi connectivity index (χ0v) is 14.2. The summed E-state index contributed by atoms with van der Waals surface area (Å²) in [6, 6.07) is 5.11. The van der Waals surface area contributed by atoms with E-state index < -0.39 is 34.2 Å². The van der Waals surface area contributed by atoms with Gasteiger partial charge in [-0.25, -0.2) is 9.18 Å². The fourth-order valence-corrected chi connectivity index (χ4v) is 2.23. The van der Waals surface area contributed by atoms with Gasteiger partial charge in [0.25, 0.3) is 11.6 Å². The summed E-state index contributed by atoms with van der Waals surface area (Å²) in [7, 11) is 1.09. The summed E-state index contributed by atoms with van der Waals surface area (Å²) >= 11 is 0. The third kappa shape index (κ3) is 4.24. The van der Waals surface area contributed by atoms with E-state index in [1.807, 2.05) is 0 Å². The second-order valence-corrected chi connectivity index (χ2v) is 5.47. The van der Waals surface area contributed by atoms with Crippen LogP contribution in [0.2, 0.25) is 0 Å². The lowest BCUT2D eigenvalue weighted by molar-refractivity contribution is -0.384. The van der Waals surface area contributed by atoms with Gasteiger partial charge in [0.15, 0.2) is 0 Å². The molecule has 2 aromatic rings. The van der Waals surface area contributed by atoms with Gasteiger partial charge in [0.2, 0.25) is 5.91 Å². The number of methoxy groups -OCH3 is 1. The van der Waals surface area contributed by atoms with Crippen LogP contribution in [0.3, 0.4) is 0 Å². The lowest BCUT2D eigenvalue weighted by Gasteiger charge is -2.11. The molecule has 0 spiro atoms. The lowest BCUT2D eigenvalue weighted by atomic mass is 10.1. The van der Waals surface area contributed by atoms with Crippen molar-refractivity contribution >= 4 is 29.2 Å². The zero-order valence-electron chi connectivity index (χ0n) is 14.2. The predicted molar refractivity (Wildman–Crippen MR) is 92.0 cm³/mol. The number of primary amides is 1. The Morgan fingerprint density at radius 2 is 1.74 bits per heavy atom. The summed E-state index contributed by atoms with van der Waals surface area (Å²) in [5.74, 6) is -3.39. The molecule has 27 heavy (non-hydrogen) atoms. The Hall–Kier alpha value is -3.82. The molecule has 3 N–H and O–H groups in total. The van der Waals surface area contributed by atoms with Crippen LogP contribution in [0, 0.1) is 22.9 Å². The van der Waals surface area contributed by atoms with Gasteiger partial charge in [-0.05, 0) is 25.1 Å². The SMILES string of the molecule is COC(=O)c1cc(C(=O)Nc2cc(C(N)=O)cc(F)c2C)cc([N+](=O)[O-])c1. The van der Waals surface area contributed by atoms with Crippen LogP contribution in [-0.4, -0.2) is 29.8 Å². The minimum absolute atomic E-state index is 0.0342. The van der Waals surface area contributed by atoms with E-state index in [4.69, 9.17) is 5.73 Å². The third-order valence-corrected chi connectivity index (χ3v) is 3.69. The molecule has 0 saturated carbocycles. The zero-order chi connectivity index (χ0) is 20.3. The number of benzene rings is 2. The molecule has 140 valence electrons. The van der Waals surface area contributed by atoms with Gasteiger partial charge < -0.3 is 15.8 Å². The summed E-state index contributed by atoms with van der Waals surface area (Å²) < 4.78 is 18.4. The van der Waals surface area contributed by atoms with Crippen LogP contribution in [0.5, 0.6) is 0 Å². The van der Waals surface area contributed by atoms with E-state index in [-0.39, 0.29) is 27.9 Å². The van der Waals surface area contributed by atoms with Gasteiger partial charge in [0.05, 0.1) is 17.6 Å². The van der Waals surface area contributed by atoms with E-state index in [2.05, 4.69) is 10.1 Å². The minimum atomic E-state index is -0.896. The van der Waals surface area contributed by atoms with Gasteiger partial charge >= 0.3 is 5.97 Å². The molecule has 9 nitrogen and oxygen atoms in total. The van der Waals surface area contributed by atoms with Gasteiger partial charge in [-0.15, -0.1) is 0 Å². The van der Waals surface area contributed by atoms with Crippen molar-refractivity contribution < 1.29 is 28.4 Å². The number of anilines is 1. The van der Waals surface area contributed by atoms with Crippen LogP contribution in [0.25, 0.3) is 0 Å². The topological polar surface area (TPSA) is 142 Å². The Morgan fingerprint density at radius 3 is 2.30 bits per heavy atom. The van der Waals surface area contributed by atoms with Crippen molar-refractivity contribution in [1.82, 2.24) is 0 Å². The number of amides is 2. The quantitative estimate of drug-likeness (QED) is 0.466. The van der Waals surface area contributed by atoms with E-state index in [9.17, 15) is 28.9 Å². The minimum Gasteiger partial charge on any atom is -0.465 e. The maximum absolute atomic E-state index is 13.9. The summed E-state index contributed by atoms with van der Waals surface area (Å²) in [6.45, 7) is 1.36. The van der Waals surface area contributed by atoms with Crippen LogP contribution >= 0.6 is 0 Å². The number of nitro groups is 1. The number of nitrogens with zero attached hydrogens (tertiary/aromatic N) is 1. The first-order valence-electron chi connectivity index (χ1n) is 7.43. The smallest absolute Gasteiger partial charge is 0.338 e. The monoisotopic (exact) mass is 375 g/mol. The van der Waals surface area contributed by atoms with E-state index in [1.165, 1.54) is 13.0 Å². The molecule has 10 heteroatoms. The first kappa shape index (κ1) is 19.5. The van der Waals surface area contributed by atoms with Gasteiger partial charge in [0.1, 0.15) is 5.82 Å². The molecule has 0 saturated heterocycles. The molecule has 2 amide bonds. The average Bonchev–Trinajstić information content (AvgIpc) is 2.63. The van der Waals surface area contributed by atoms with Crippen molar-refractivity contribution in [2.75, 3.05) is 12.4 Å². The van der Waals surface area contributed by atoms with Crippen molar-refractivity contribution in [2.24, 2.45) is 5.73 Å². The van der Waals surface area contributed by atoms with E-state index in [0.29, 0.717) is 0 Å². The maximum Gasteiger partial charge on any atom is 0.338 e. The number of hydrogen-bond donors (Lipinski definition) is 2. The molecule has 2 rings (SSSR count). The molecule has 0 unspecified atom stereocenters. The standard InChI is InChI=1S/C17H14FN3O6/c1-8-13(18)6-9(15(19)22)7-14(8)20-16(23)10-3-11(17(24)27-2)5-12(4-10)21(25)26/h3-7H,1-2H3,(H2,19,22)(H,20,23). The Balaban J connectivity index is 2.47. The highest BCUT2D eigenvalue weighted by Crippen LogP contribution is 2.23. The molecule has 0 aliphatic heterocycles. The van der Waals surface area contributed by atoms with Crippen molar-refractivity contribution in [3.8, 4) is 0 Å². The summed E-state index contributed by atoms with van der Waals surface area (Å²) in [5, 5.41) is 13.4. The number of esters is 1. The maximum atomic E-state index is 13.9. The highest BCUT2D eigenvalue weighted by molar-refractivity contribution is 6.07. The van der Waals surface area contributed by atoms with Crippen molar-refractivity contribution in [3.63, 3.8) is 0 Å². The van der Waals surface area contributed by atoms with Crippen LogP contribution in [0.1, 0.15) is 36.6 Å². The highest BCUT2D eigenvalue weighted by atomic mass is 19.1. The van der Waals surface area contributed by atoms with Crippen LogP contribution in [0.15, 0.2) is 30.3 Å². The molecule has 0 bridgehead atoms. The molecule has 0 heterocycles. The van der Waals surface area contributed by atoms with E-state index in [1.54, 1.807) is 0 Å². The number of rotatable bonds is 5. The number of nitrogens with one attached hydrogen (secondary N) is 1. The number of ether oxygens (including phenoxy) is 1. The van der Waals surface area contributed by atoms with Crippen molar-refractivity contribution in [2.45, 2.75) is 6.92 Å². The summed E-state index contributed by atoms with van der Waals surface area (Å²) in [5.41, 5.74) is 4.01. The number of carbonyl (C=O) groups is 3. The largest absolute Gasteiger partial charge is 0.465 e. The van der Waals surface area contributed by atoms with E-state index in [0.717, 1.165) is 31.4 Å².